The maximum Gasteiger partial charge on any atom is 0.257 e. The summed E-state index contributed by atoms with van der Waals surface area (Å²) in [5.74, 6) is 0.735. The van der Waals surface area contributed by atoms with Gasteiger partial charge in [-0.3, -0.25) is 4.79 Å². The summed E-state index contributed by atoms with van der Waals surface area (Å²) in [5.41, 5.74) is 2.15. The number of carbonyl (C=O) groups excluding carboxylic acids is 1. The molecule has 5 nitrogen and oxygen atoms in total. The number of methoxy groups -OCH3 is 1. The minimum atomic E-state index is -0.319. The summed E-state index contributed by atoms with van der Waals surface area (Å²) in [6.45, 7) is 1.93. The Labute approximate surface area is 160 Å². The number of halogens is 2. The molecule has 1 heterocycles. The number of hydrogen-bond acceptors (Lipinski definition) is 4. The zero-order valence-corrected chi connectivity index (χ0v) is 15.7. The van der Waals surface area contributed by atoms with Gasteiger partial charge in [0, 0.05) is 22.7 Å². The lowest BCUT2D eigenvalue weighted by Gasteiger charge is -2.10. The van der Waals surface area contributed by atoms with E-state index in [9.17, 15) is 4.79 Å². The lowest BCUT2D eigenvalue weighted by atomic mass is 10.1. The number of nitrogens with zero attached hydrogens (tertiary/aromatic N) is 1. The molecule has 2 aromatic carbocycles. The number of carbonyl (C=O) groups is 1. The van der Waals surface area contributed by atoms with E-state index in [2.05, 4.69) is 10.5 Å². The maximum absolute atomic E-state index is 12.8. The molecular weight excluding hydrogens is 375 g/mol. The molecule has 134 valence electrons. The summed E-state index contributed by atoms with van der Waals surface area (Å²) in [6.07, 6.45) is 0. The van der Waals surface area contributed by atoms with Gasteiger partial charge >= 0.3 is 0 Å². The van der Waals surface area contributed by atoms with Crippen LogP contribution in [0.25, 0.3) is 11.3 Å². The molecule has 26 heavy (non-hydrogen) atoms. The van der Waals surface area contributed by atoms with Gasteiger partial charge in [-0.25, -0.2) is 0 Å². The Morgan fingerprint density at radius 3 is 2.73 bits per heavy atom. The van der Waals surface area contributed by atoms with E-state index in [0.29, 0.717) is 38.4 Å². The molecule has 1 aromatic heterocycles. The van der Waals surface area contributed by atoms with Gasteiger partial charge in [0.2, 0.25) is 0 Å². The van der Waals surface area contributed by atoms with Gasteiger partial charge in [-0.1, -0.05) is 46.6 Å². The topological polar surface area (TPSA) is 64.4 Å². The highest BCUT2D eigenvalue weighted by molar-refractivity contribution is 6.33. The van der Waals surface area contributed by atoms with E-state index in [-0.39, 0.29) is 12.5 Å². The largest absolute Gasteiger partial charge is 0.496 e. The highest BCUT2D eigenvalue weighted by atomic mass is 35.5. The molecule has 7 heteroatoms. The molecule has 0 spiro atoms. The van der Waals surface area contributed by atoms with Crippen LogP contribution in [0, 0.1) is 6.92 Å². The maximum atomic E-state index is 12.8. The smallest absolute Gasteiger partial charge is 0.257 e. The monoisotopic (exact) mass is 390 g/mol. The average molecular weight is 391 g/mol. The molecule has 0 aliphatic heterocycles. The first-order chi connectivity index (χ1) is 12.5. The van der Waals surface area contributed by atoms with E-state index in [1.807, 2.05) is 12.1 Å². The highest BCUT2D eigenvalue weighted by Crippen LogP contribution is 2.31. The zero-order chi connectivity index (χ0) is 18.7. The first-order valence-corrected chi connectivity index (χ1v) is 8.58. The van der Waals surface area contributed by atoms with Crippen molar-refractivity contribution in [2.75, 3.05) is 7.11 Å². The standard InChI is InChI=1S/C19H16Cl2N2O3/c1-11-17(18(23-26-11)14-5-3-4-6-15(14)21)19(24)22-10-12-9-13(20)7-8-16(12)25-2/h3-9H,10H2,1-2H3,(H,22,24). The van der Waals surface area contributed by atoms with Gasteiger partial charge in [-0.05, 0) is 31.2 Å². The van der Waals surface area contributed by atoms with Gasteiger partial charge in [0.05, 0.1) is 12.1 Å². The number of amides is 1. The van der Waals surface area contributed by atoms with Crippen molar-refractivity contribution in [2.45, 2.75) is 13.5 Å². The second-order valence-corrected chi connectivity index (χ2v) is 6.42. The molecule has 0 atom stereocenters. The Morgan fingerprint density at radius 2 is 2.00 bits per heavy atom. The van der Waals surface area contributed by atoms with Crippen LogP contribution in [0.1, 0.15) is 21.7 Å². The van der Waals surface area contributed by atoms with Crippen molar-refractivity contribution in [3.05, 3.63) is 69.4 Å². The van der Waals surface area contributed by atoms with E-state index in [1.165, 1.54) is 0 Å². The molecule has 0 saturated carbocycles. The van der Waals surface area contributed by atoms with Gasteiger partial charge in [0.15, 0.2) is 0 Å². The van der Waals surface area contributed by atoms with E-state index >= 15 is 0 Å². The fourth-order valence-electron chi connectivity index (χ4n) is 2.63. The van der Waals surface area contributed by atoms with Gasteiger partial charge in [-0.2, -0.15) is 0 Å². The summed E-state index contributed by atoms with van der Waals surface area (Å²) in [4.78, 5) is 12.8. The normalized spacial score (nSPS) is 10.6. The number of benzene rings is 2. The molecule has 0 bridgehead atoms. The summed E-state index contributed by atoms with van der Waals surface area (Å²) < 4.78 is 10.5. The van der Waals surface area contributed by atoms with Crippen LogP contribution in [0.2, 0.25) is 10.0 Å². The zero-order valence-electron chi connectivity index (χ0n) is 14.2. The number of ether oxygens (including phenoxy) is 1. The third kappa shape index (κ3) is 3.69. The molecule has 1 amide bonds. The van der Waals surface area contributed by atoms with E-state index < -0.39 is 0 Å². The van der Waals surface area contributed by atoms with Crippen molar-refractivity contribution in [2.24, 2.45) is 0 Å². The molecular formula is C19H16Cl2N2O3. The Hall–Kier alpha value is -2.50. The predicted molar refractivity (Wildman–Crippen MR) is 101 cm³/mol. The molecule has 3 aromatic rings. The van der Waals surface area contributed by atoms with Gasteiger partial charge in [0.25, 0.3) is 5.91 Å². The highest BCUT2D eigenvalue weighted by Gasteiger charge is 2.23. The summed E-state index contributed by atoms with van der Waals surface area (Å²) >= 11 is 12.3. The van der Waals surface area contributed by atoms with E-state index in [0.717, 1.165) is 5.56 Å². The fraction of sp³-hybridized carbons (Fsp3) is 0.158. The van der Waals surface area contributed by atoms with Crippen LogP contribution >= 0.6 is 23.2 Å². The Balaban J connectivity index is 1.87. The summed E-state index contributed by atoms with van der Waals surface area (Å²) in [6, 6.07) is 12.4. The van der Waals surface area contributed by atoms with Crippen LogP contribution in [0.4, 0.5) is 0 Å². The first kappa shape index (κ1) is 18.3. The summed E-state index contributed by atoms with van der Waals surface area (Å²) in [7, 11) is 1.56. The third-order valence-corrected chi connectivity index (χ3v) is 4.47. The van der Waals surface area contributed by atoms with Crippen molar-refractivity contribution in [1.82, 2.24) is 10.5 Å². The molecule has 3 rings (SSSR count). The Morgan fingerprint density at radius 1 is 1.23 bits per heavy atom. The van der Waals surface area contributed by atoms with Crippen LogP contribution < -0.4 is 10.1 Å². The molecule has 0 radical (unpaired) electrons. The van der Waals surface area contributed by atoms with E-state index in [4.69, 9.17) is 32.5 Å². The van der Waals surface area contributed by atoms with Crippen LogP contribution in [0.5, 0.6) is 5.75 Å². The molecule has 0 aliphatic rings. The quantitative estimate of drug-likeness (QED) is 0.672. The van der Waals surface area contributed by atoms with E-state index in [1.54, 1.807) is 44.4 Å². The first-order valence-electron chi connectivity index (χ1n) is 7.83. The number of rotatable bonds is 5. The predicted octanol–water partition coefficient (Wildman–Crippen LogP) is 4.90. The SMILES string of the molecule is COc1ccc(Cl)cc1CNC(=O)c1c(-c2ccccc2Cl)noc1C. The van der Waals surface area contributed by atoms with Gasteiger partial charge < -0.3 is 14.6 Å². The van der Waals surface area contributed by atoms with Crippen LogP contribution in [0.15, 0.2) is 47.0 Å². The second kappa shape index (κ2) is 7.81. The molecule has 0 unspecified atom stereocenters. The van der Waals surface area contributed by atoms with Crippen molar-refractivity contribution in [3.8, 4) is 17.0 Å². The van der Waals surface area contributed by atoms with Gasteiger partial charge in [0.1, 0.15) is 22.8 Å². The number of aryl methyl sites for hydroxylation is 1. The fourth-order valence-corrected chi connectivity index (χ4v) is 3.05. The van der Waals surface area contributed by atoms with Crippen molar-refractivity contribution in [1.29, 1.82) is 0 Å². The number of hydrogen-bond donors (Lipinski definition) is 1. The van der Waals surface area contributed by atoms with Crippen LogP contribution in [-0.4, -0.2) is 18.2 Å². The molecule has 1 N–H and O–H groups in total. The summed E-state index contributed by atoms with van der Waals surface area (Å²) in [5, 5.41) is 7.91. The minimum absolute atomic E-state index is 0.245. The Bertz CT molecular complexity index is 954. The van der Waals surface area contributed by atoms with Crippen molar-refractivity contribution >= 4 is 29.1 Å². The molecule has 0 fully saturated rings. The van der Waals surface area contributed by atoms with Gasteiger partial charge in [-0.15, -0.1) is 0 Å². The number of aromatic nitrogens is 1. The second-order valence-electron chi connectivity index (χ2n) is 5.58. The lowest BCUT2D eigenvalue weighted by molar-refractivity contribution is 0.0949. The minimum Gasteiger partial charge on any atom is -0.496 e. The molecule has 0 aliphatic carbocycles. The van der Waals surface area contributed by atoms with Crippen LogP contribution in [0.3, 0.4) is 0 Å². The lowest BCUT2D eigenvalue weighted by Crippen LogP contribution is -2.24. The Kier molecular flexibility index (Phi) is 5.49. The van der Waals surface area contributed by atoms with Crippen LogP contribution in [-0.2, 0) is 6.54 Å². The molecule has 0 saturated heterocycles. The average Bonchev–Trinajstić information content (AvgIpc) is 3.01. The number of nitrogens with one attached hydrogen (secondary N) is 1. The van der Waals surface area contributed by atoms with Crippen molar-refractivity contribution < 1.29 is 14.1 Å². The third-order valence-electron chi connectivity index (χ3n) is 3.90. The van der Waals surface area contributed by atoms with Crippen molar-refractivity contribution in [3.63, 3.8) is 0 Å².